The molecular formula is C13H18ClNO. The van der Waals surface area contributed by atoms with Gasteiger partial charge in [-0.2, -0.15) is 0 Å². The average molecular weight is 240 g/mol. The van der Waals surface area contributed by atoms with Gasteiger partial charge in [0, 0.05) is 17.5 Å². The van der Waals surface area contributed by atoms with Gasteiger partial charge in [-0.25, -0.2) is 0 Å². The van der Waals surface area contributed by atoms with Gasteiger partial charge < -0.3 is 10.1 Å². The Morgan fingerprint density at radius 3 is 2.75 bits per heavy atom. The first-order chi connectivity index (χ1) is 7.79. The molecule has 1 fully saturated rings. The third-order valence-corrected chi connectivity index (χ3v) is 3.38. The second kappa shape index (κ2) is 5.55. The van der Waals surface area contributed by atoms with Crippen LogP contribution in [0.15, 0.2) is 24.3 Å². The van der Waals surface area contributed by atoms with Crippen molar-refractivity contribution in [2.24, 2.45) is 5.92 Å². The van der Waals surface area contributed by atoms with Crippen LogP contribution in [-0.2, 0) is 0 Å². The van der Waals surface area contributed by atoms with Crippen LogP contribution in [-0.4, -0.2) is 19.2 Å². The highest BCUT2D eigenvalue weighted by Gasteiger charge is 2.24. The molecule has 16 heavy (non-hydrogen) atoms. The van der Waals surface area contributed by atoms with Crippen molar-refractivity contribution in [1.29, 1.82) is 0 Å². The average Bonchev–Trinajstić information content (AvgIpc) is 2.82. The van der Waals surface area contributed by atoms with E-state index in [2.05, 4.69) is 12.2 Å². The van der Waals surface area contributed by atoms with Crippen molar-refractivity contribution in [3.8, 4) is 5.75 Å². The third-order valence-electron chi connectivity index (χ3n) is 3.13. The molecule has 0 saturated carbocycles. The second-order valence-corrected chi connectivity index (χ2v) is 4.71. The number of nitrogens with one attached hydrogen (secondary N) is 1. The summed E-state index contributed by atoms with van der Waals surface area (Å²) in [6, 6.07) is 7.62. The zero-order chi connectivity index (χ0) is 11.4. The molecule has 1 aliphatic heterocycles. The van der Waals surface area contributed by atoms with Gasteiger partial charge in [0.1, 0.15) is 11.9 Å². The van der Waals surface area contributed by atoms with Gasteiger partial charge in [0.25, 0.3) is 0 Å². The Balaban J connectivity index is 1.97. The summed E-state index contributed by atoms with van der Waals surface area (Å²) in [4.78, 5) is 0. The fraction of sp³-hybridized carbons (Fsp3) is 0.538. The van der Waals surface area contributed by atoms with Crippen LogP contribution in [0, 0.1) is 5.92 Å². The van der Waals surface area contributed by atoms with Gasteiger partial charge >= 0.3 is 0 Å². The molecule has 0 radical (unpaired) electrons. The number of hydrogen-bond donors (Lipinski definition) is 1. The van der Waals surface area contributed by atoms with Gasteiger partial charge in [-0.15, -0.1) is 0 Å². The summed E-state index contributed by atoms with van der Waals surface area (Å²) >= 11 is 5.84. The number of hydrogen-bond acceptors (Lipinski definition) is 2. The molecule has 0 bridgehead atoms. The number of benzene rings is 1. The van der Waals surface area contributed by atoms with Crippen LogP contribution in [0.2, 0.25) is 5.02 Å². The molecule has 1 unspecified atom stereocenters. The molecule has 1 saturated heterocycles. The zero-order valence-corrected chi connectivity index (χ0v) is 10.3. The van der Waals surface area contributed by atoms with Crippen LogP contribution in [0.4, 0.5) is 0 Å². The summed E-state index contributed by atoms with van der Waals surface area (Å²) in [6.45, 7) is 4.37. The van der Waals surface area contributed by atoms with E-state index in [1.165, 1.54) is 6.42 Å². The standard InChI is InChI=1S/C13H18ClNO/c1-2-13(10-7-8-15-9-10)16-12-5-3-11(14)4-6-12/h3-6,10,13,15H,2,7-9H2,1H3/t10?,13-/m1/s1. The van der Waals surface area contributed by atoms with Crippen LogP contribution in [0.3, 0.4) is 0 Å². The minimum absolute atomic E-state index is 0.316. The Hall–Kier alpha value is -0.730. The normalized spacial score (nSPS) is 22.0. The van der Waals surface area contributed by atoms with Gasteiger partial charge in [-0.1, -0.05) is 18.5 Å². The lowest BCUT2D eigenvalue weighted by Gasteiger charge is -2.23. The molecule has 1 N–H and O–H groups in total. The first kappa shape index (κ1) is 11.7. The quantitative estimate of drug-likeness (QED) is 0.872. The van der Waals surface area contributed by atoms with Crippen molar-refractivity contribution < 1.29 is 4.74 Å². The first-order valence-corrected chi connectivity index (χ1v) is 6.30. The van der Waals surface area contributed by atoms with Crippen molar-refractivity contribution in [2.45, 2.75) is 25.9 Å². The van der Waals surface area contributed by atoms with Gasteiger partial charge in [-0.05, 0) is 43.7 Å². The Morgan fingerprint density at radius 1 is 1.44 bits per heavy atom. The van der Waals surface area contributed by atoms with Gasteiger partial charge in [0.15, 0.2) is 0 Å². The summed E-state index contributed by atoms with van der Waals surface area (Å²) in [5.41, 5.74) is 0. The molecule has 1 aliphatic rings. The summed E-state index contributed by atoms with van der Waals surface area (Å²) in [5.74, 6) is 1.56. The summed E-state index contributed by atoms with van der Waals surface area (Å²) in [7, 11) is 0. The van der Waals surface area contributed by atoms with Crippen molar-refractivity contribution >= 4 is 11.6 Å². The molecule has 2 nitrogen and oxygen atoms in total. The molecular weight excluding hydrogens is 222 g/mol. The van der Waals surface area contributed by atoms with E-state index in [-0.39, 0.29) is 0 Å². The lowest BCUT2D eigenvalue weighted by Crippen LogP contribution is -2.28. The minimum Gasteiger partial charge on any atom is -0.490 e. The van der Waals surface area contributed by atoms with Gasteiger partial charge in [0.05, 0.1) is 0 Å². The molecule has 0 aromatic heterocycles. The second-order valence-electron chi connectivity index (χ2n) is 4.27. The van der Waals surface area contributed by atoms with Crippen LogP contribution >= 0.6 is 11.6 Å². The van der Waals surface area contributed by atoms with Crippen LogP contribution < -0.4 is 10.1 Å². The number of rotatable bonds is 4. The van der Waals surface area contributed by atoms with Crippen molar-refractivity contribution in [3.05, 3.63) is 29.3 Å². The lowest BCUT2D eigenvalue weighted by atomic mass is 9.99. The maximum atomic E-state index is 6.00. The van der Waals surface area contributed by atoms with E-state index in [9.17, 15) is 0 Å². The molecule has 3 heteroatoms. The molecule has 2 rings (SSSR count). The third kappa shape index (κ3) is 2.89. The molecule has 1 heterocycles. The van der Waals surface area contributed by atoms with E-state index in [4.69, 9.17) is 16.3 Å². The van der Waals surface area contributed by atoms with E-state index >= 15 is 0 Å². The molecule has 1 aromatic carbocycles. The monoisotopic (exact) mass is 239 g/mol. The molecule has 2 atom stereocenters. The fourth-order valence-corrected chi connectivity index (χ4v) is 2.32. The first-order valence-electron chi connectivity index (χ1n) is 5.92. The van der Waals surface area contributed by atoms with E-state index in [0.29, 0.717) is 12.0 Å². The van der Waals surface area contributed by atoms with Crippen LogP contribution in [0.1, 0.15) is 19.8 Å². The predicted octanol–water partition coefficient (Wildman–Crippen LogP) is 3.11. The topological polar surface area (TPSA) is 21.3 Å². The Bertz CT molecular complexity index is 319. The van der Waals surface area contributed by atoms with E-state index in [1.54, 1.807) is 0 Å². The lowest BCUT2D eigenvalue weighted by molar-refractivity contribution is 0.138. The van der Waals surface area contributed by atoms with E-state index in [1.807, 2.05) is 24.3 Å². The summed E-state index contributed by atoms with van der Waals surface area (Å²) in [6.07, 6.45) is 2.58. The molecule has 0 amide bonds. The fourth-order valence-electron chi connectivity index (χ4n) is 2.20. The summed E-state index contributed by atoms with van der Waals surface area (Å²) < 4.78 is 6.00. The Kier molecular flexibility index (Phi) is 4.08. The van der Waals surface area contributed by atoms with E-state index in [0.717, 1.165) is 30.3 Å². The maximum Gasteiger partial charge on any atom is 0.119 e. The van der Waals surface area contributed by atoms with Crippen molar-refractivity contribution in [1.82, 2.24) is 5.32 Å². The zero-order valence-electron chi connectivity index (χ0n) is 9.58. The molecule has 88 valence electrons. The van der Waals surface area contributed by atoms with Gasteiger partial charge in [-0.3, -0.25) is 0 Å². The van der Waals surface area contributed by atoms with Crippen molar-refractivity contribution in [3.63, 3.8) is 0 Å². The Labute approximate surface area is 102 Å². The van der Waals surface area contributed by atoms with E-state index < -0.39 is 0 Å². The highest BCUT2D eigenvalue weighted by atomic mass is 35.5. The predicted molar refractivity (Wildman–Crippen MR) is 67.1 cm³/mol. The molecule has 1 aromatic rings. The smallest absolute Gasteiger partial charge is 0.119 e. The van der Waals surface area contributed by atoms with Crippen molar-refractivity contribution in [2.75, 3.05) is 13.1 Å². The number of halogens is 1. The molecule has 0 aliphatic carbocycles. The highest BCUT2D eigenvalue weighted by Crippen LogP contribution is 2.23. The summed E-state index contributed by atoms with van der Waals surface area (Å²) in [5, 5.41) is 4.13. The maximum absolute atomic E-state index is 6.00. The van der Waals surface area contributed by atoms with Gasteiger partial charge in [0.2, 0.25) is 0 Å². The number of ether oxygens (including phenoxy) is 1. The van der Waals surface area contributed by atoms with Crippen LogP contribution in [0.5, 0.6) is 5.75 Å². The minimum atomic E-state index is 0.316. The largest absolute Gasteiger partial charge is 0.490 e. The Morgan fingerprint density at radius 2 is 2.19 bits per heavy atom. The van der Waals surface area contributed by atoms with Crippen LogP contribution in [0.25, 0.3) is 0 Å². The molecule has 0 spiro atoms. The highest BCUT2D eigenvalue weighted by molar-refractivity contribution is 6.30. The SMILES string of the molecule is CC[C@@H](Oc1ccc(Cl)cc1)C1CCNC1.